The fraction of sp³-hybridized carbons (Fsp3) is 0.409. The Morgan fingerprint density at radius 2 is 1.93 bits per heavy atom. The van der Waals surface area contributed by atoms with Crippen molar-refractivity contribution in [1.82, 2.24) is 4.90 Å². The number of carbonyl (C=O) groups is 1. The van der Waals surface area contributed by atoms with E-state index >= 15 is 0 Å². The monoisotopic (exact) mass is 368 g/mol. The molecule has 5 heteroatoms. The van der Waals surface area contributed by atoms with Crippen LogP contribution in [0.2, 0.25) is 0 Å². The Morgan fingerprint density at radius 3 is 2.70 bits per heavy atom. The van der Waals surface area contributed by atoms with Crippen molar-refractivity contribution >= 4 is 11.6 Å². The van der Waals surface area contributed by atoms with Gasteiger partial charge in [-0.15, -0.1) is 0 Å². The number of ether oxygens (including phenoxy) is 1. The second-order valence-electron chi connectivity index (χ2n) is 7.35. The molecule has 142 valence electrons. The van der Waals surface area contributed by atoms with Crippen LogP contribution in [0.1, 0.15) is 55.3 Å². The lowest BCUT2D eigenvalue weighted by Crippen LogP contribution is -2.38. The smallest absolute Gasteiger partial charge is 0.223 e. The molecule has 1 amide bonds. The first kappa shape index (κ1) is 17.8. The lowest BCUT2D eigenvalue weighted by atomic mass is 9.88. The van der Waals surface area contributed by atoms with Gasteiger partial charge in [-0.2, -0.15) is 0 Å². The standard InChI is InChI=1S/C22H25FN2O2/c1-27-17-10-11-19-18(13-17)21(25-12-4-2-3-5-22(25)26)14-20(24-19)15-6-8-16(23)9-7-15/h6-11,13,20-21,24H,2-5,12,14H2,1H3/t20-,21-/m0/s1. The summed E-state index contributed by atoms with van der Waals surface area (Å²) in [5.41, 5.74) is 3.14. The van der Waals surface area contributed by atoms with Gasteiger partial charge >= 0.3 is 0 Å². The molecule has 0 bridgehead atoms. The van der Waals surface area contributed by atoms with Crippen LogP contribution in [-0.2, 0) is 4.79 Å². The van der Waals surface area contributed by atoms with Gasteiger partial charge in [0.05, 0.1) is 19.2 Å². The quantitative estimate of drug-likeness (QED) is 0.843. The normalized spacial score (nSPS) is 22.6. The van der Waals surface area contributed by atoms with Crippen molar-refractivity contribution in [3.05, 3.63) is 59.4 Å². The molecular weight excluding hydrogens is 343 g/mol. The maximum absolute atomic E-state index is 13.4. The van der Waals surface area contributed by atoms with Crippen molar-refractivity contribution in [2.24, 2.45) is 0 Å². The third-order valence-electron chi connectivity index (χ3n) is 5.67. The van der Waals surface area contributed by atoms with Gasteiger partial charge in [0.1, 0.15) is 11.6 Å². The molecule has 27 heavy (non-hydrogen) atoms. The Labute approximate surface area is 159 Å². The fourth-order valence-corrected chi connectivity index (χ4v) is 4.21. The molecule has 2 aliphatic heterocycles. The molecule has 0 spiro atoms. The number of methoxy groups -OCH3 is 1. The summed E-state index contributed by atoms with van der Waals surface area (Å²) in [6.07, 6.45) is 4.48. The molecule has 1 fully saturated rings. The minimum Gasteiger partial charge on any atom is -0.497 e. The van der Waals surface area contributed by atoms with Gasteiger partial charge in [0, 0.05) is 24.2 Å². The second-order valence-corrected chi connectivity index (χ2v) is 7.35. The van der Waals surface area contributed by atoms with Gasteiger partial charge in [0.15, 0.2) is 0 Å². The summed E-state index contributed by atoms with van der Waals surface area (Å²) in [6.45, 7) is 0.788. The topological polar surface area (TPSA) is 41.6 Å². The largest absolute Gasteiger partial charge is 0.497 e. The number of nitrogens with one attached hydrogen (secondary N) is 1. The highest BCUT2D eigenvalue weighted by atomic mass is 19.1. The zero-order chi connectivity index (χ0) is 18.8. The van der Waals surface area contributed by atoms with E-state index in [0.717, 1.165) is 54.8 Å². The molecule has 2 aliphatic rings. The van der Waals surface area contributed by atoms with E-state index in [1.54, 1.807) is 7.11 Å². The highest BCUT2D eigenvalue weighted by molar-refractivity contribution is 5.77. The first-order valence-electron chi connectivity index (χ1n) is 9.65. The molecule has 0 saturated carbocycles. The number of hydrogen-bond acceptors (Lipinski definition) is 3. The maximum atomic E-state index is 13.4. The van der Waals surface area contributed by atoms with Crippen molar-refractivity contribution < 1.29 is 13.9 Å². The van der Waals surface area contributed by atoms with E-state index in [-0.39, 0.29) is 23.8 Å². The Bertz CT molecular complexity index is 822. The Kier molecular flexibility index (Phi) is 5.01. The number of halogens is 1. The molecule has 1 N–H and O–H groups in total. The van der Waals surface area contributed by atoms with Crippen LogP contribution >= 0.6 is 0 Å². The number of hydrogen-bond donors (Lipinski definition) is 1. The zero-order valence-corrected chi connectivity index (χ0v) is 15.6. The Hall–Kier alpha value is -2.56. The number of carbonyl (C=O) groups excluding carboxylic acids is 1. The summed E-state index contributed by atoms with van der Waals surface area (Å²) in [5, 5.41) is 3.57. The van der Waals surface area contributed by atoms with Crippen LogP contribution < -0.4 is 10.1 Å². The number of benzene rings is 2. The van der Waals surface area contributed by atoms with Gasteiger partial charge in [-0.3, -0.25) is 4.79 Å². The molecule has 0 aliphatic carbocycles. The van der Waals surface area contributed by atoms with E-state index in [2.05, 4.69) is 5.32 Å². The summed E-state index contributed by atoms with van der Waals surface area (Å²) in [5.74, 6) is 0.785. The van der Waals surface area contributed by atoms with Crippen molar-refractivity contribution in [2.45, 2.75) is 44.2 Å². The van der Waals surface area contributed by atoms with Crippen LogP contribution in [0.25, 0.3) is 0 Å². The minimum atomic E-state index is -0.237. The Balaban J connectivity index is 1.72. The average Bonchev–Trinajstić information content (AvgIpc) is 2.91. The van der Waals surface area contributed by atoms with E-state index in [1.165, 1.54) is 12.1 Å². The molecule has 2 heterocycles. The third kappa shape index (κ3) is 3.64. The molecule has 4 rings (SSSR count). The molecular formula is C22H25FN2O2. The highest BCUT2D eigenvalue weighted by Crippen LogP contribution is 2.44. The van der Waals surface area contributed by atoms with Gasteiger partial charge in [0.2, 0.25) is 5.91 Å². The number of fused-ring (bicyclic) bond motifs is 1. The zero-order valence-electron chi connectivity index (χ0n) is 15.6. The average molecular weight is 368 g/mol. The van der Waals surface area contributed by atoms with Crippen LogP contribution in [0, 0.1) is 5.82 Å². The van der Waals surface area contributed by atoms with E-state index in [0.29, 0.717) is 6.42 Å². The van der Waals surface area contributed by atoms with Crippen LogP contribution in [0.15, 0.2) is 42.5 Å². The molecule has 0 radical (unpaired) electrons. The van der Waals surface area contributed by atoms with Crippen molar-refractivity contribution in [3.8, 4) is 5.75 Å². The third-order valence-corrected chi connectivity index (χ3v) is 5.67. The predicted octanol–water partition coefficient (Wildman–Crippen LogP) is 4.83. The lowest BCUT2D eigenvalue weighted by Gasteiger charge is -2.40. The van der Waals surface area contributed by atoms with Crippen LogP contribution in [-0.4, -0.2) is 24.5 Å². The van der Waals surface area contributed by atoms with Crippen molar-refractivity contribution in [3.63, 3.8) is 0 Å². The SMILES string of the molecule is COc1ccc2c(c1)[C@@H](N1CCCCCC1=O)C[C@@H](c1ccc(F)cc1)N2. The molecule has 2 aromatic rings. The first-order chi connectivity index (χ1) is 13.2. The fourth-order valence-electron chi connectivity index (χ4n) is 4.21. The van der Waals surface area contributed by atoms with Crippen LogP contribution in [0.5, 0.6) is 5.75 Å². The predicted molar refractivity (Wildman–Crippen MR) is 103 cm³/mol. The molecule has 0 unspecified atom stereocenters. The molecule has 0 aromatic heterocycles. The summed E-state index contributed by atoms with van der Waals surface area (Å²) >= 11 is 0. The van der Waals surface area contributed by atoms with E-state index < -0.39 is 0 Å². The number of nitrogens with zero attached hydrogens (tertiary/aromatic N) is 1. The van der Waals surface area contributed by atoms with Gasteiger partial charge in [-0.05, 0) is 55.2 Å². The van der Waals surface area contributed by atoms with Crippen LogP contribution in [0.4, 0.5) is 10.1 Å². The number of rotatable bonds is 3. The van der Waals surface area contributed by atoms with E-state index in [9.17, 15) is 9.18 Å². The minimum absolute atomic E-state index is 0.00277. The number of anilines is 1. The van der Waals surface area contributed by atoms with E-state index in [4.69, 9.17) is 4.74 Å². The maximum Gasteiger partial charge on any atom is 0.223 e. The molecule has 2 aromatic carbocycles. The van der Waals surface area contributed by atoms with Crippen molar-refractivity contribution in [1.29, 1.82) is 0 Å². The van der Waals surface area contributed by atoms with Gasteiger partial charge in [-0.1, -0.05) is 18.6 Å². The van der Waals surface area contributed by atoms with Gasteiger partial charge in [0.25, 0.3) is 0 Å². The highest BCUT2D eigenvalue weighted by Gasteiger charge is 2.34. The van der Waals surface area contributed by atoms with E-state index in [1.807, 2.05) is 35.2 Å². The summed E-state index contributed by atoms with van der Waals surface area (Å²) in [4.78, 5) is 14.8. The summed E-state index contributed by atoms with van der Waals surface area (Å²) in [7, 11) is 1.66. The van der Waals surface area contributed by atoms with Crippen molar-refractivity contribution in [2.75, 3.05) is 19.0 Å². The number of amides is 1. The van der Waals surface area contributed by atoms with Gasteiger partial charge < -0.3 is 15.0 Å². The molecule has 4 nitrogen and oxygen atoms in total. The summed E-state index contributed by atoms with van der Waals surface area (Å²) < 4.78 is 18.8. The van der Waals surface area contributed by atoms with Crippen LogP contribution in [0.3, 0.4) is 0 Å². The number of likely N-dealkylation sites (tertiary alicyclic amines) is 1. The second kappa shape index (κ2) is 7.59. The molecule has 2 atom stereocenters. The Morgan fingerprint density at radius 1 is 1.11 bits per heavy atom. The lowest BCUT2D eigenvalue weighted by molar-refractivity contribution is -0.133. The summed E-state index contributed by atoms with van der Waals surface area (Å²) in [6, 6.07) is 12.6. The molecule has 1 saturated heterocycles. The van der Waals surface area contributed by atoms with Gasteiger partial charge in [-0.25, -0.2) is 4.39 Å². The first-order valence-corrected chi connectivity index (χ1v) is 9.65.